The minimum atomic E-state index is -0.471. The minimum absolute atomic E-state index is 0.0339. The van der Waals surface area contributed by atoms with Crippen molar-refractivity contribution in [3.05, 3.63) is 70.5 Å². The van der Waals surface area contributed by atoms with Crippen LogP contribution in [0.2, 0.25) is 5.02 Å². The van der Waals surface area contributed by atoms with E-state index < -0.39 is 5.41 Å². The number of thioether (sulfide) groups is 1. The molecule has 1 amide bonds. The van der Waals surface area contributed by atoms with Crippen LogP contribution in [0.25, 0.3) is 5.69 Å². The number of carbonyl (C=O) groups is 1. The summed E-state index contributed by atoms with van der Waals surface area (Å²) in [6, 6.07) is 16.0. The quantitative estimate of drug-likeness (QED) is 0.549. The Kier molecular flexibility index (Phi) is 6.65. The van der Waals surface area contributed by atoms with Gasteiger partial charge in [-0.3, -0.25) is 9.36 Å². The summed E-state index contributed by atoms with van der Waals surface area (Å²) >= 11 is 7.87. The summed E-state index contributed by atoms with van der Waals surface area (Å²) in [5, 5.41) is 13.1. The molecule has 0 radical (unpaired) electrons. The smallest absolute Gasteiger partial charge is 0.225 e. The standard InChI is InChI=1S/C22H25ClN4OS/c1-15-10-11-17(23)12-18(15)27-19(13-24-20(28)22(2,3)4)25-26-21(27)29-14-16-8-6-5-7-9-16/h5-12H,13-14H2,1-4H3,(H,24,28). The molecule has 29 heavy (non-hydrogen) atoms. The van der Waals surface area contributed by atoms with Crippen molar-refractivity contribution in [1.82, 2.24) is 20.1 Å². The lowest BCUT2D eigenvalue weighted by Crippen LogP contribution is -2.35. The molecule has 0 aliphatic rings. The monoisotopic (exact) mass is 428 g/mol. The molecular weight excluding hydrogens is 404 g/mol. The van der Waals surface area contributed by atoms with E-state index in [-0.39, 0.29) is 5.91 Å². The molecule has 5 nitrogen and oxygen atoms in total. The van der Waals surface area contributed by atoms with Gasteiger partial charge in [0.15, 0.2) is 11.0 Å². The minimum Gasteiger partial charge on any atom is -0.348 e. The third-order valence-electron chi connectivity index (χ3n) is 4.41. The van der Waals surface area contributed by atoms with Crippen molar-refractivity contribution in [2.45, 2.75) is 45.1 Å². The third kappa shape index (κ3) is 5.40. The summed E-state index contributed by atoms with van der Waals surface area (Å²) in [5.41, 5.74) is 2.71. The van der Waals surface area contributed by atoms with E-state index in [4.69, 9.17) is 11.6 Å². The Bertz CT molecular complexity index is 996. The second kappa shape index (κ2) is 9.01. The first-order valence-corrected chi connectivity index (χ1v) is 10.8. The normalized spacial score (nSPS) is 11.5. The van der Waals surface area contributed by atoms with Crippen LogP contribution in [-0.2, 0) is 17.1 Å². The topological polar surface area (TPSA) is 59.8 Å². The second-order valence-corrected chi connectivity index (χ2v) is 9.25. The fourth-order valence-corrected chi connectivity index (χ4v) is 3.81. The van der Waals surface area contributed by atoms with Gasteiger partial charge in [0.25, 0.3) is 0 Å². The number of rotatable bonds is 6. The molecule has 0 aliphatic heterocycles. The number of hydrogen-bond acceptors (Lipinski definition) is 4. The molecule has 152 valence electrons. The van der Waals surface area contributed by atoms with Gasteiger partial charge in [-0.1, -0.05) is 80.5 Å². The summed E-state index contributed by atoms with van der Waals surface area (Å²) in [6.45, 7) is 7.97. The van der Waals surface area contributed by atoms with Crippen LogP contribution >= 0.6 is 23.4 Å². The summed E-state index contributed by atoms with van der Waals surface area (Å²) in [4.78, 5) is 12.3. The van der Waals surface area contributed by atoms with Crippen molar-refractivity contribution < 1.29 is 4.79 Å². The van der Waals surface area contributed by atoms with Gasteiger partial charge in [-0.15, -0.1) is 10.2 Å². The van der Waals surface area contributed by atoms with Crippen LogP contribution in [-0.4, -0.2) is 20.7 Å². The molecule has 7 heteroatoms. The summed E-state index contributed by atoms with van der Waals surface area (Å²) in [5.74, 6) is 1.41. The molecule has 1 aromatic heterocycles. The molecule has 0 atom stereocenters. The van der Waals surface area contributed by atoms with E-state index in [2.05, 4.69) is 27.6 Å². The van der Waals surface area contributed by atoms with Gasteiger partial charge >= 0.3 is 0 Å². The van der Waals surface area contributed by atoms with Crippen LogP contribution in [0.5, 0.6) is 0 Å². The van der Waals surface area contributed by atoms with Gasteiger partial charge in [0, 0.05) is 16.2 Å². The third-order valence-corrected chi connectivity index (χ3v) is 5.65. The number of hydrogen-bond donors (Lipinski definition) is 1. The number of benzene rings is 2. The van der Waals surface area contributed by atoms with Crippen molar-refractivity contribution in [3.8, 4) is 5.69 Å². The highest BCUT2D eigenvalue weighted by atomic mass is 35.5. The van der Waals surface area contributed by atoms with Gasteiger partial charge in [-0.05, 0) is 30.2 Å². The fourth-order valence-electron chi connectivity index (χ4n) is 2.72. The van der Waals surface area contributed by atoms with Gasteiger partial charge in [-0.2, -0.15) is 0 Å². The van der Waals surface area contributed by atoms with E-state index in [9.17, 15) is 4.79 Å². The predicted molar refractivity (Wildman–Crippen MR) is 118 cm³/mol. The van der Waals surface area contributed by atoms with Crippen LogP contribution in [0.15, 0.2) is 53.7 Å². The molecule has 0 unspecified atom stereocenters. The van der Waals surface area contributed by atoms with E-state index in [1.807, 2.05) is 68.7 Å². The van der Waals surface area contributed by atoms with Crippen molar-refractivity contribution in [2.24, 2.45) is 5.41 Å². The number of amides is 1. The predicted octanol–water partition coefficient (Wildman–Crippen LogP) is 5.18. The molecule has 1 heterocycles. The highest BCUT2D eigenvalue weighted by Gasteiger charge is 2.23. The van der Waals surface area contributed by atoms with E-state index in [0.29, 0.717) is 17.4 Å². The van der Waals surface area contributed by atoms with Crippen LogP contribution in [0.4, 0.5) is 0 Å². The zero-order valence-corrected chi connectivity index (χ0v) is 18.6. The van der Waals surface area contributed by atoms with Crippen molar-refractivity contribution in [1.29, 1.82) is 0 Å². The Morgan fingerprint density at radius 2 is 1.86 bits per heavy atom. The maximum absolute atomic E-state index is 12.3. The Morgan fingerprint density at radius 1 is 1.14 bits per heavy atom. The Morgan fingerprint density at radius 3 is 2.55 bits per heavy atom. The lowest BCUT2D eigenvalue weighted by atomic mass is 9.96. The molecule has 3 rings (SSSR count). The molecule has 0 aliphatic carbocycles. The van der Waals surface area contributed by atoms with Gasteiger partial charge in [-0.25, -0.2) is 0 Å². The maximum atomic E-state index is 12.3. The Labute approximate surface area is 180 Å². The van der Waals surface area contributed by atoms with E-state index >= 15 is 0 Å². The first-order valence-electron chi connectivity index (χ1n) is 9.41. The molecule has 0 fully saturated rings. The van der Waals surface area contributed by atoms with Crippen molar-refractivity contribution in [2.75, 3.05) is 0 Å². The van der Waals surface area contributed by atoms with Gasteiger partial charge < -0.3 is 5.32 Å². The molecular formula is C22H25ClN4OS. The number of aromatic nitrogens is 3. The second-order valence-electron chi connectivity index (χ2n) is 7.87. The highest BCUT2D eigenvalue weighted by molar-refractivity contribution is 7.98. The van der Waals surface area contributed by atoms with Crippen molar-refractivity contribution >= 4 is 29.3 Å². The Balaban J connectivity index is 1.93. The molecule has 1 N–H and O–H groups in total. The molecule has 0 bridgehead atoms. The molecule has 0 saturated carbocycles. The Hall–Kier alpha value is -2.31. The number of carbonyl (C=O) groups excluding carboxylic acids is 1. The average Bonchev–Trinajstić information content (AvgIpc) is 3.09. The van der Waals surface area contributed by atoms with Gasteiger partial charge in [0.05, 0.1) is 12.2 Å². The molecule has 2 aromatic carbocycles. The van der Waals surface area contributed by atoms with Crippen LogP contribution in [0.1, 0.15) is 37.7 Å². The summed E-state index contributed by atoms with van der Waals surface area (Å²) < 4.78 is 1.98. The summed E-state index contributed by atoms with van der Waals surface area (Å²) in [6.07, 6.45) is 0. The zero-order valence-electron chi connectivity index (χ0n) is 17.1. The van der Waals surface area contributed by atoms with Gasteiger partial charge in [0.1, 0.15) is 0 Å². The number of aryl methyl sites for hydroxylation is 1. The van der Waals surface area contributed by atoms with Gasteiger partial charge in [0.2, 0.25) is 5.91 Å². The van der Waals surface area contributed by atoms with Crippen LogP contribution in [0.3, 0.4) is 0 Å². The lowest BCUT2D eigenvalue weighted by molar-refractivity contribution is -0.128. The van der Waals surface area contributed by atoms with Crippen molar-refractivity contribution in [3.63, 3.8) is 0 Å². The molecule has 0 saturated heterocycles. The SMILES string of the molecule is Cc1ccc(Cl)cc1-n1c(CNC(=O)C(C)(C)C)nnc1SCc1ccccc1. The molecule has 3 aromatic rings. The fraction of sp³-hybridized carbons (Fsp3) is 0.318. The lowest BCUT2D eigenvalue weighted by Gasteiger charge is -2.18. The van der Waals surface area contributed by atoms with Crippen LogP contribution in [0, 0.1) is 12.3 Å². The summed E-state index contributed by atoms with van der Waals surface area (Å²) in [7, 11) is 0. The largest absolute Gasteiger partial charge is 0.348 e. The van der Waals surface area contributed by atoms with E-state index in [0.717, 1.165) is 22.2 Å². The first kappa shape index (κ1) is 21.4. The van der Waals surface area contributed by atoms with E-state index in [1.165, 1.54) is 5.56 Å². The number of nitrogens with zero attached hydrogens (tertiary/aromatic N) is 3. The molecule has 0 spiro atoms. The highest BCUT2D eigenvalue weighted by Crippen LogP contribution is 2.28. The van der Waals surface area contributed by atoms with Crippen LogP contribution < -0.4 is 5.32 Å². The average molecular weight is 429 g/mol. The first-order chi connectivity index (χ1) is 13.8. The maximum Gasteiger partial charge on any atom is 0.225 e. The number of halogens is 1. The number of nitrogens with one attached hydrogen (secondary N) is 1. The van der Waals surface area contributed by atoms with E-state index in [1.54, 1.807) is 11.8 Å². The zero-order chi connectivity index (χ0) is 21.0.